The third-order valence-electron chi connectivity index (χ3n) is 3.15. The van der Waals surface area contributed by atoms with E-state index in [2.05, 4.69) is 10.4 Å². The first-order valence-electron chi connectivity index (χ1n) is 6.29. The largest absolute Gasteiger partial charge is 0.480 e. The quantitative estimate of drug-likeness (QED) is 0.757. The average Bonchev–Trinajstić information content (AvgIpc) is 2.78. The summed E-state index contributed by atoms with van der Waals surface area (Å²) in [6.45, 7) is 3.73. The summed E-state index contributed by atoms with van der Waals surface area (Å²) in [7, 11) is 0. The lowest BCUT2D eigenvalue weighted by atomic mass is 10.1. The van der Waals surface area contributed by atoms with Gasteiger partial charge in [-0.25, -0.2) is 4.79 Å². The lowest BCUT2D eigenvalue weighted by Crippen LogP contribution is -2.59. The minimum Gasteiger partial charge on any atom is -0.480 e. The number of hydrogen-bond acceptors (Lipinski definition) is 4. The second kappa shape index (κ2) is 5.32. The van der Waals surface area contributed by atoms with E-state index in [4.69, 9.17) is 5.11 Å². The molecule has 0 saturated carbocycles. The number of carbonyl (C=O) groups excluding carboxylic acids is 2. The molecule has 1 aliphatic heterocycles. The maximum Gasteiger partial charge on any atom is 0.328 e. The summed E-state index contributed by atoms with van der Waals surface area (Å²) in [5.41, 5.74) is 0.967. The van der Waals surface area contributed by atoms with Gasteiger partial charge in [0.05, 0.1) is 5.69 Å². The molecule has 20 heavy (non-hydrogen) atoms. The summed E-state index contributed by atoms with van der Waals surface area (Å²) in [6, 6.07) is 0.540. The number of nitrogens with zero attached hydrogens (tertiary/aromatic N) is 3. The molecule has 1 fully saturated rings. The molecule has 2 N–H and O–H groups in total. The number of nitrogens with one attached hydrogen (secondary N) is 1. The Labute approximate surface area is 115 Å². The summed E-state index contributed by atoms with van der Waals surface area (Å²) in [5, 5.41) is 15.8. The first-order valence-corrected chi connectivity index (χ1v) is 6.29. The van der Waals surface area contributed by atoms with Gasteiger partial charge >= 0.3 is 5.97 Å². The molecule has 2 heterocycles. The average molecular weight is 280 g/mol. The van der Waals surface area contributed by atoms with E-state index in [-0.39, 0.29) is 19.0 Å². The van der Waals surface area contributed by atoms with Gasteiger partial charge in [-0.15, -0.1) is 0 Å². The number of aliphatic carboxylic acids is 1. The van der Waals surface area contributed by atoms with Crippen LogP contribution in [0, 0.1) is 6.92 Å². The molecule has 2 amide bonds. The van der Waals surface area contributed by atoms with Crippen LogP contribution in [0.5, 0.6) is 0 Å². The Kier molecular flexibility index (Phi) is 3.73. The maximum atomic E-state index is 12.5. The summed E-state index contributed by atoms with van der Waals surface area (Å²) in [5.74, 6) is -2.00. The van der Waals surface area contributed by atoms with Crippen LogP contribution >= 0.6 is 0 Å². The molecule has 108 valence electrons. The normalized spacial score (nSPS) is 18.8. The van der Waals surface area contributed by atoms with Crippen molar-refractivity contribution in [2.24, 2.45) is 0 Å². The second-order valence-corrected chi connectivity index (χ2v) is 4.58. The molecule has 2 rings (SSSR count). The second-order valence-electron chi connectivity index (χ2n) is 4.58. The van der Waals surface area contributed by atoms with Crippen molar-refractivity contribution in [3.8, 4) is 0 Å². The van der Waals surface area contributed by atoms with Crippen LogP contribution in [0.25, 0.3) is 0 Å². The van der Waals surface area contributed by atoms with Gasteiger partial charge in [0.15, 0.2) is 0 Å². The minimum atomic E-state index is -1.14. The standard InChI is InChI=1S/C12H16N4O4/c1-3-16-8(4-7(2)14-16)11(18)15-6-10(17)13-5-9(15)12(19)20/h4,9H,3,5-6H2,1-2H3,(H,13,17)(H,19,20). The van der Waals surface area contributed by atoms with Crippen LogP contribution < -0.4 is 5.32 Å². The molecule has 1 aliphatic rings. The van der Waals surface area contributed by atoms with Gasteiger partial charge in [0, 0.05) is 13.1 Å². The van der Waals surface area contributed by atoms with E-state index in [9.17, 15) is 14.4 Å². The fourth-order valence-corrected chi connectivity index (χ4v) is 2.18. The van der Waals surface area contributed by atoms with Gasteiger partial charge in [-0.2, -0.15) is 5.10 Å². The number of rotatable bonds is 3. The molecule has 8 heteroatoms. The van der Waals surface area contributed by atoms with Gasteiger partial charge in [-0.1, -0.05) is 0 Å². The zero-order valence-corrected chi connectivity index (χ0v) is 11.3. The molecule has 1 unspecified atom stereocenters. The summed E-state index contributed by atoms with van der Waals surface area (Å²) in [4.78, 5) is 36.2. The lowest BCUT2D eigenvalue weighted by Gasteiger charge is -2.32. The van der Waals surface area contributed by atoms with Crippen LogP contribution in [-0.4, -0.2) is 56.7 Å². The van der Waals surface area contributed by atoms with Gasteiger partial charge < -0.3 is 15.3 Å². The van der Waals surface area contributed by atoms with E-state index in [1.165, 1.54) is 4.68 Å². The third-order valence-corrected chi connectivity index (χ3v) is 3.15. The molecular weight excluding hydrogens is 264 g/mol. The van der Waals surface area contributed by atoms with Crippen LogP contribution in [0.1, 0.15) is 23.1 Å². The van der Waals surface area contributed by atoms with Crippen molar-refractivity contribution in [2.75, 3.05) is 13.1 Å². The van der Waals surface area contributed by atoms with Crippen molar-refractivity contribution in [3.05, 3.63) is 17.5 Å². The molecule has 0 aromatic carbocycles. The summed E-state index contributed by atoms with van der Waals surface area (Å²) in [6.07, 6.45) is 0. The van der Waals surface area contributed by atoms with Gasteiger partial charge in [-0.3, -0.25) is 14.3 Å². The predicted octanol–water partition coefficient (Wildman–Crippen LogP) is -0.763. The number of amides is 2. The maximum absolute atomic E-state index is 12.5. The van der Waals surface area contributed by atoms with Gasteiger partial charge in [0.25, 0.3) is 5.91 Å². The predicted molar refractivity (Wildman–Crippen MR) is 68.1 cm³/mol. The molecule has 1 saturated heterocycles. The SMILES string of the molecule is CCn1nc(C)cc1C(=O)N1CC(=O)NCC1C(=O)O. The summed E-state index contributed by atoms with van der Waals surface area (Å²) < 4.78 is 1.50. The Morgan fingerprint density at radius 2 is 2.25 bits per heavy atom. The Hall–Kier alpha value is -2.38. The van der Waals surface area contributed by atoms with Crippen molar-refractivity contribution in [1.82, 2.24) is 20.0 Å². The number of piperazine rings is 1. The molecule has 0 radical (unpaired) electrons. The molecule has 1 aromatic rings. The first-order chi connectivity index (χ1) is 9.43. The van der Waals surface area contributed by atoms with E-state index in [0.29, 0.717) is 17.9 Å². The molecular formula is C12H16N4O4. The van der Waals surface area contributed by atoms with E-state index >= 15 is 0 Å². The van der Waals surface area contributed by atoms with Crippen molar-refractivity contribution < 1.29 is 19.5 Å². The topological polar surface area (TPSA) is 105 Å². The number of carboxylic acids is 1. The highest BCUT2D eigenvalue weighted by atomic mass is 16.4. The van der Waals surface area contributed by atoms with Crippen LogP contribution in [-0.2, 0) is 16.1 Å². The van der Waals surface area contributed by atoms with E-state index in [1.807, 2.05) is 6.92 Å². The first kappa shape index (κ1) is 14.0. The number of carboxylic acid groups (broad SMARTS) is 1. The zero-order valence-electron chi connectivity index (χ0n) is 11.3. The highest BCUT2D eigenvalue weighted by molar-refractivity contribution is 5.99. The van der Waals surface area contributed by atoms with Gasteiger partial charge in [-0.05, 0) is 19.9 Å². The van der Waals surface area contributed by atoms with Gasteiger partial charge in [0.2, 0.25) is 5.91 Å². The number of hydrogen-bond donors (Lipinski definition) is 2. The van der Waals surface area contributed by atoms with Crippen LogP contribution in [0.4, 0.5) is 0 Å². The highest BCUT2D eigenvalue weighted by Crippen LogP contribution is 2.13. The molecule has 8 nitrogen and oxygen atoms in total. The van der Waals surface area contributed by atoms with Crippen molar-refractivity contribution in [1.29, 1.82) is 0 Å². The van der Waals surface area contributed by atoms with Crippen LogP contribution in [0.2, 0.25) is 0 Å². The highest BCUT2D eigenvalue weighted by Gasteiger charge is 2.36. The fourth-order valence-electron chi connectivity index (χ4n) is 2.18. The number of aromatic nitrogens is 2. The lowest BCUT2D eigenvalue weighted by molar-refractivity contribution is -0.144. The molecule has 0 bridgehead atoms. The molecule has 0 spiro atoms. The fraction of sp³-hybridized carbons (Fsp3) is 0.500. The molecule has 1 aromatic heterocycles. The molecule has 0 aliphatic carbocycles. The Morgan fingerprint density at radius 3 is 2.85 bits per heavy atom. The minimum absolute atomic E-state index is 0.0842. The number of aryl methyl sites for hydroxylation is 2. The Morgan fingerprint density at radius 1 is 1.55 bits per heavy atom. The van der Waals surface area contributed by atoms with Crippen LogP contribution in [0.3, 0.4) is 0 Å². The van der Waals surface area contributed by atoms with Gasteiger partial charge in [0.1, 0.15) is 18.3 Å². The van der Waals surface area contributed by atoms with E-state index in [0.717, 1.165) is 4.90 Å². The van der Waals surface area contributed by atoms with E-state index < -0.39 is 17.9 Å². The Bertz CT molecular complexity index is 566. The Balaban J connectivity index is 2.33. The van der Waals surface area contributed by atoms with Crippen molar-refractivity contribution in [3.63, 3.8) is 0 Å². The van der Waals surface area contributed by atoms with E-state index in [1.54, 1.807) is 13.0 Å². The zero-order chi connectivity index (χ0) is 14.9. The monoisotopic (exact) mass is 280 g/mol. The smallest absolute Gasteiger partial charge is 0.328 e. The summed E-state index contributed by atoms with van der Waals surface area (Å²) >= 11 is 0. The molecule has 1 atom stereocenters. The van der Waals surface area contributed by atoms with Crippen LogP contribution in [0.15, 0.2) is 6.07 Å². The number of carbonyl (C=O) groups is 3. The third kappa shape index (κ3) is 2.49. The van der Waals surface area contributed by atoms with Crippen molar-refractivity contribution in [2.45, 2.75) is 26.4 Å². The van der Waals surface area contributed by atoms with Crippen molar-refractivity contribution >= 4 is 17.8 Å².